The van der Waals surface area contributed by atoms with Crippen LogP contribution >= 0.6 is 0 Å². The Bertz CT molecular complexity index is 430. The third-order valence-corrected chi connectivity index (χ3v) is 3.07. The smallest absolute Gasteiger partial charge is 0.331 e. The van der Waals surface area contributed by atoms with Gasteiger partial charge in [-0.05, 0) is 20.8 Å². The summed E-state index contributed by atoms with van der Waals surface area (Å²) in [6, 6.07) is -0.648. The summed E-state index contributed by atoms with van der Waals surface area (Å²) in [6.45, 7) is 5.75. The highest BCUT2D eigenvalue weighted by molar-refractivity contribution is 6.07. The van der Waals surface area contributed by atoms with Crippen molar-refractivity contribution < 1.29 is 24.2 Å². The number of ether oxygens (including phenoxy) is 1. The number of rotatable bonds is 2. The Hall–Kier alpha value is -1.89. The van der Waals surface area contributed by atoms with E-state index in [4.69, 9.17) is 9.84 Å². The van der Waals surface area contributed by atoms with Crippen molar-refractivity contribution in [3.8, 4) is 0 Å². The maximum Gasteiger partial charge on any atom is 0.331 e. The van der Waals surface area contributed by atoms with E-state index < -0.39 is 17.9 Å². The third-order valence-electron chi connectivity index (χ3n) is 3.07. The third kappa shape index (κ3) is 3.78. The molecule has 2 N–H and O–H groups in total. The highest BCUT2D eigenvalue weighted by Crippen LogP contribution is 2.08. The lowest BCUT2D eigenvalue weighted by molar-refractivity contribution is -0.133. The number of hydrogen-bond acceptors (Lipinski definition) is 4. The van der Waals surface area contributed by atoms with Crippen molar-refractivity contribution in [1.29, 1.82) is 0 Å². The van der Waals surface area contributed by atoms with E-state index in [9.17, 15) is 14.4 Å². The average molecular weight is 270 g/mol. The molecular weight excluding hydrogens is 252 g/mol. The number of hydrogen-bond donors (Lipinski definition) is 2. The summed E-state index contributed by atoms with van der Waals surface area (Å²) >= 11 is 0. The first-order valence-corrected chi connectivity index (χ1v) is 5.95. The maximum atomic E-state index is 11.9. The summed E-state index contributed by atoms with van der Waals surface area (Å²) in [6.07, 6.45) is 0. The molecule has 0 saturated carbocycles. The van der Waals surface area contributed by atoms with Gasteiger partial charge in [-0.25, -0.2) is 9.59 Å². The summed E-state index contributed by atoms with van der Waals surface area (Å²) in [4.78, 5) is 35.8. The van der Waals surface area contributed by atoms with Gasteiger partial charge < -0.3 is 14.7 Å². The van der Waals surface area contributed by atoms with Crippen LogP contribution in [0.1, 0.15) is 20.8 Å². The Balaban J connectivity index is 2.69. The standard InChI is InChI=1S/C12H18N2O5/c1-7-6-19-5-4-14(7)12(18)13-10(15)8(2)9(3)11(16)17/h7H,4-6H2,1-3H3,(H,16,17)(H,13,15,18). The zero-order valence-corrected chi connectivity index (χ0v) is 11.2. The molecule has 1 rings (SSSR count). The first-order valence-electron chi connectivity index (χ1n) is 5.95. The van der Waals surface area contributed by atoms with Crippen LogP contribution in [0.5, 0.6) is 0 Å². The van der Waals surface area contributed by atoms with Gasteiger partial charge >= 0.3 is 12.0 Å². The SMILES string of the molecule is CC(C(=O)O)=C(C)C(=O)NC(=O)N1CCOCC1C. The molecule has 0 aromatic heterocycles. The van der Waals surface area contributed by atoms with Crippen molar-refractivity contribution in [1.82, 2.24) is 10.2 Å². The Kier molecular flexibility index (Phi) is 5.05. The average Bonchev–Trinajstić information content (AvgIpc) is 2.37. The molecule has 1 saturated heterocycles. The van der Waals surface area contributed by atoms with Gasteiger partial charge in [-0.3, -0.25) is 10.1 Å². The van der Waals surface area contributed by atoms with Gasteiger partial charge in [-0.15, -0.1) is 0 Å². The first-order chi connectivity index (χ1) is 8.84. The zero-order valence-electron chi connectivity index (χ0n) is 11.2. The predicted molar refractivity (Wildman–Crippen MR) is 66.5 cm³/mol. The van der Waals surface area contributed by atoms with E-state index in [1.54, 1.807) is 0 Å². The van der Waals surface area contributed by atoms with Gasteiger partial charge in [-0.2, -0.15) is 0 Å². The number of carbonyl (C=O) groups is 3. The molecule has 1 aliphatic rings. The van der Waals surface area contributed by atoms with E-state index in [0.717, 1.165) is 0 Å². The highest BCUT2D eigenvalue weighted by Gasteiger charge is 2.25. The van der Waals surface area contributed by atoms with E-state index in [0.29, 0.717) is 19.8 Å². The minimum atomic E-state index is -1.18. The van der Waals surface area contributed by atoms with Crippen LogP contribution in [0.25, 0.3) is 0 Å². The fourth-order valence-corrected chi connectivity index (χ4v) is 1.62. The Labute approximate surface area is 111 Å². The minimum Gasteiger partial charge on any atom is -0.478 e. The molecule has 3 amide bonds. The van der Waals surface area contributed by atoms with Crippen molar-refractivity contribution in [2.45, 2.75) is 26.8 Å². The monoisotopic (exact) mass is 270 g/mol. The number of amides is 3. The number of morpholine rings is 1. The minimum absolute atomic E-state index is 0.0155. The first kappa shape index (κ1) is 15.2. The number of nitrogens with one attached hydrogen (secondary N) is 1. The topological polar surface area (TPSA) is 95.9 Å². The Morgan fingerprint density at radius 1 is 1.26 bits per heavy atom. The highest BCUT2D eigenvalue weighted by atomic mass is 16.5. The number of imide groups is 1. The van der Waals surface area contributed by atoms with Crippen LogP contribution in [0, 0.1) is 0 Å². The van der Waals surface area contributed by atoms with Crippen LogP contribution < -0.4 is 5.32 Å². The lowest BCUT2D eigenvalue weighted by Gasteiger charge is -2.32. The van der Waals surface area contributed by atoms with Crippen LogP contribution in [-0.4, -0.2) is 53.7 Å². The quantitative estimate of drug-likeness (QED) is 0.706. The zero-order chi connectivity index (χ0) is 14.6. The lowest BCUT2D eigenvalue weighted by atomic mass is 10.1. The molecule has 0 spiro atoms. The number of carbonyl (C=O) groups excluding carboxylic acids is 2. The van der Waals surface area contributed by atoms with Gasteiger partial charge in [0, 0.05) is 17.7 Å². The normalized spacial score (nSPS) is 20.6. The molecule has 1 heterocycles. The molecule has 0 aromatic carbocycles. The summed E-state index contributed by atoms with van der Waals surface area (Å²) in [5, 5.41) is 11.0. The molecular formula is C12H18N2O5. The number of carboxylic acids is 1. The van der Waals surface area contributed by atoms with E-state index >= 15 is 0 Å². The van der Waals surface area contributed by atoms with Crippen molar-refractivity contribution in [2.24, 2.45) is 0 Å². The maximum absolute atomic E-state index is 11.9. The van der Waals surface area contributed by atoms with Crippen molar-refractivity contribution in [3.63, 3.8) is 0 Å². The van der Waals surface area contributed by atoms with Gasteiger partial charge in [0.15, 0.2) is 0 Å². The number of carboxylic acid groups (broad SMARTS) is 1. The summed E-state index contributed by atoms with van der Waals surface area (Å²) in [5.74, 6) is -1.87. The Morgan fingerprint density at radius 3 is 2.42 bits per heavy atom. The van der Waals surface area contributed by atoms with Gasteiger partial charge in [-0.1, -0.05) is 0 Å². The van der Waals surface area contributed by atoms with Crippen molar-refractivity contribution in [2.75, 3.05) is 19.8 Å². The molecule has 19 heavy (non-hydrogen) atoms. The molecule has 7 heteroatoms. The second kappa shape index (κ2) is 6.33. The molecule has 0 aromatic rings. The molecule has 7 nitrogen and oxygen atoms in total. The number of nitrogens with zero attached hydrogens (tertiary/aromatic N) is 1. The van der Waals surface area contributed by atoms with E-state index in [1.807, 2.05) is 6.92 Å². The fourth-order valence-electron chi connectivity index (χ4n) is 1.62. The molecule has 1 fully saturated rings. The molecule has 0 bridgehead atoms. The van der Waals surface area contributed by atoms with Crippen LogP contribution in [-0.2, 0) is 14.3 Å². The van der Waals surface area contributed by atoms with Crippen molar-refractivity contribution in [3.05, 3.63) is 11.1 Å². The van der Waals surface area contributed by atoms with Crippen LogP contribution in [0.15, 0.2) is 11.1 Å². The largest absolute Gasteiger partial charge is 0.478 e. The molecule has 0 radical (unpaired) electrons. The van der Waals surface area contributed by atoms with Crippen LogP contribution in [0.2, 0.25) is 0 Å². The molecule has 1 unspecified atom stereocenters. The molecule has 0 aliphatic carbocycles. The van der Waals surface area contributed by atoms with Crippen molar-refractivity contribution >= 4 is 17.9 Å². The lowest BCUT2D eigenvalue weighted by Crippen LogP contribution is -2.52. The van der Waals surface area contributed by atoms with Crippen LogP contribution in [0.4, 0.5) is 4.79 Å². The summed E-state index contributed by atoms with van der Waals surface area (Å²) in [7, 11) is 0. The van der Waals surface area contributed by atoms with Gasteiger partial charge in [0.25, 0.3) is 5.91 Å². The van der Waals surface area contributed by atoms with Gasteiger partial charge in [0.1, 0.15) is 0 Å². The molecule has 1 atom stereocenters. The second-order valence-corrected chi connectivity index (χ2v) is 4.43. The fraction of sp³-hybridized carbons (Fsp3) is 0.583. The predicted octanol–water partition coefficient (Wildman–Crippen LogP) is 0.364. The molecule has 1 aliphatic heterocycles. The van der Waals surface area contributed by atoms with Gasteiger partial charge in [0.2, 0.25) is 0 Å². The number of aliphatic carboxylic acids is 1. The van der Waals surface area contributed by atoms with Gasteiger partial charge in [0.05, 0.1) is 19.3 Å². The van der Waals surface area contributed by atoms with E-state index in [1.165, 1.54) is 18.7 Å². The Morgan fingerprint density at radius 2 is 1.89 bits per heavy atom. The van der Waals surface area contributed by atoms with E-state index in [-0.39, 0.29) is 17.2 Å². The van der Waals surface area contributed by atoms with Crippen LogP contribution in [0.3, 0.4) is 0 Å². The molecule has 106 valence electrons. The second-order valence-electron chi connectivity index (χ2n) is 4.43. The number of urea groups is 1. The summed E-state index contributed by atoms with van der Waals surface area (Å²) in [5.41, 5.74) is -0.0675. The van der Waals surface area contributed by atoms with E-state index in [2.05, 4.69) is 5.32 Å². The summed E-state index contributed by atoms with van der Waals surface area (Å²) < 4.78 is 5.19.